The molecule has 0 fully saturated rings. The molecule has 5 N–H and O–H groups in total. The fourth-order valence-corrected chi connectivity index (χ4v) is 6.37. The SMILES string of the molecule is CN1CCCOc2ccccc2-c2cnc(NCN3CCOc4ccccc4-c4cnc(N)c(n4)C(=O)Nc4cnccc43)c(n2)C(=O)Nc2cnccc21. The molecule has 6 heterocycles. The summed E-state index contributed by atoms with van der Waals surface area (Å²) in [4.78, 5) is 58.7. The molecule has 0 spiro atoms. The molecule has 16 nitrogen and oxygen atoms in total. The summed E-state index contributed by atoms with van der Waals surface area (Å²) in [7, 11) is 1.95. The van der Waals surface area contributed by atoms with Crippen molar-refractivity contribution < 1.29 is 19.1 Å². The smallest absolute Gasteiger partial charge is 0.278 e. The average Bonchev–Trinajstić information content (AvgIpc) is 3.21. The number of fused-ring (bicyclic) bond motifs is 10. The molecule has 0 saturated carbocycles. The summed E-state index contributed by atoms with van der Waals surface area (Å²) >= 11 is 0. The highest BCUT2D eigenvalue weighted by Crippen LogP contribution is 2.33. The number of nitrogens with two attached hydrogens (primary N) is 1. The lowest BCUT2D eigenvalue weighted by molar-refractivity contribution is 0.101. The van der Waals surface area contributed by atoms with Gasteiger partial charge in [0.1, 0.15) is 18.1 Å². The quantitative estimate of drug-likeness (QED) is 0.190. The summed E-state index contributed by atoms with van der Waals surface area (Å²) in [5.41, 5.74) is 10.7. The molecular weight excluding hydrogens is 701 g/mol. The Labute approximate surface area is 315 Å². The number of nitrogens with one attached hydrogen (secondary N) is 3. The van der Waals surface area contributed by atoms with E-state index < -0.39 is 11.8 Å². The van der Waals surface area contributed by atoms with E-state index in [1.54, 1.807) is 30.9 Å². The van der Waals surface area contributed by atoms with Gasteiger partial charge < -0.3 is 41.0 Å². The van der Waals surface area contributed by atoms with Gasteiger partial charge in [-0.1, -0.05) is 24.3 Å². The van der Waals surface area contributed by atoms with E-state index in [4.69, 9.17) is 25.2 Å². The molecule has 2 amide bonds. The van der Waals surface area contributed by atoms with E-state index in [1.807, 2.05) is 71.4 Å². The molecule has 4 bridgehead atoms. The number of carbonyl (C=O) groups is 2. The molecule has 6 aromatic rings. The van der Waals surface area contributed by atoms with Gasteiger partial charge in [0.25, 0.3) is 11.8 Å². The lowest BCUT2D eigenvalue weighted by Gasteiger charge is -2.28. The summed E-state index contributed by atoms with van der Waals surface area (Å²) in [6.07, 6.45) is 10.3. The molecule has 2 aliphatic heterocycles. The number of carbonyl (C=O) groups excluding carboxylic acids is 2. The van der Waals surface area contributed by atoms with Crippen molar-refractivity contribution >= 4 is 46.2 Å². The molecule has 55 heavy (non-hydrogen) atoms. The highest BCUT2D eigenvalue weighted by molar-refractivity contribution is 6.08. The van der Waals surface area contributed by atoms with Crippen LogP contribution in [-0.4, -0.2) is 81.7 Å². The molecule has 276 valence electrons. The Morgan fingerprint density at radius 3 is 2.05 bits per heavy atom. The highest BCUT2D eigenvalue weighted by Gasteiger charge is 2.24. The fraction of sp³-hybridized carbons (Fsp3) is 0.179. The van der Waals surface area contributed by atoms with Crippen molar-refractivity contribution in [1.82, 2.24) is 29.9 Å². The normalized spacial score (nSPS) is 14.3. The van der Waals surface area contributed by atoms with Crippen LogP contribution in [0.2, 0.25) is 0 Å². The zero-order valence-electron chi connectivity index (χ0n) is 29.8. The van der Waals surface area contributed by atoms with Crippen LogP contribution in [0.4, 0.5) is 34.4 Å². The number of ether oxygens (including phenoxy) is 2. The van der Waals surface area contributed by atoms with Gasteiger partial charge in [-0.05, 0) is 42.8 Å². The maximum Gasteiger partial charge on any atom is 0.278 e. The standard InChI is InChI=1S/C39H36N12O4/c1-50-15-6-17-54-32-9-4-2-8-25(32)27-22-44-37(35(47-27)39(53)48-28-19-41-13-11-30(28)50)45-23-51-16-18-55-33-10-5-3-7-24(33)26-21-43-36(40)34(46-26)38(52)49-29-20-42-14-12-31(29)51/h2-5,7-14,19-22H,6,15-18,23H2,1H3,(H2,40,43)(H,44,45)(H,48,53)(H,49,52). The average molecular weight is 737 g/mol. The van der Waals surface area contributed by atoms with Gasteiger partial charge in [0.15, 0.2) is 23.0 Å². The summed E-state index contributed by atoms with van der Waals surface area (Å²) in [6, 6.07) is 18.5. The molecule has 16 heteroatoms. The third-order valence-electron chi connectivity index (χ3n) is 9.13. The van der Waals surface area contributed by atoms with E-state index in [1.165, 1.54) is 12.4 Å². The topological polar surface area (TPSA) is 199 Å². The first-order chi connectivity index (χ1) is 26.9. The van der Waals surface area contributed by atoms with Crippen LogP contribution in [0.5, 0.6) is 11.5 Å². The predicted molar refractivity (Wildman–Crippen MR) is 208 cm³/mol. The fourth-order valence-electron chi connectivity index (χ4n) is 6.37. The molecule has 4 aromatic heterocycles. The van der Waals surface area contributed by atoms with E-state index >= 15 is 0 Å². The maximum absolute atomic E-state index is 14.2. The maximum atomic E-state index is 14.2. The van der Waals surface area contributed by atoms with Crippen LogP contribution in [0.25, 0.3) is 22.5 Å². The molecule has 0 atom stereocenters. The van der Waals surface area contributed by atoms with E-state index in [9.17, 15) is 9.59 Å². The van der Waals surface area contributed by atoms with E-state index in [0.29, 0.717) is 70.8 Å². The molecular formula is C39H36N12O4. The number of anilines is 6. The van der Waals surface area contributed by atoms with Crippen molar-refractivity contribution in [3.8, 4) is 34.0 Å². The van der Waals surface area contributed by atoms with Crippen LogP contribution >= 0.6 is 0 Å². The van der Waals surface area contributed by atoms with Crippen molar-refractivity contribution in [1.29, 1.82) is 0 Å². The number of aromatic nitrogens is 6. The summed E-state index contributed by atoms with van der Waals surface area (Å²) in [5.74, 6) is 0.339. The second-order valence-corrected chi connectivity index (χ2v) is 12.7. The van der Waals surface area contributed by atoms with Crippen LogP contribution in [0.3, 0.4) is 0 Å². The zero-order valence-corrected chi connectivity index (χ0v) is 29.8. The number of nitrogen functional groups attached to an aromatic ring is 1. The van der Waals surface area contributed by atoms with Gasteiger partial charge >= 0.3 is 0 Å². The molecule has 0 unspecified atom stereocenters. The van der Waals surface area contributed by atoms with Gasteiger partial charge in [0.2, 0.25) is 0 Å². The summed E-state index contributed by atoms with van der Waals surface area (Å²) in [5, 5.41) is 9.26. The van der Waals surface area contributed by atoms with Gasteiger partial charge in [0.05, 0.1) is 78.7 Å². The number of hydrogen-bond donors (Lipinski definition) is 4. The van der Waals surface area contributed by atoms with Gasteiger partial charge in [-0.25, -0.2) is 19.9 Å². The number of pyridine rings is 2. The van der Waals surface area contributed by atoms with Gasteiger partial charge in [-0.2, -0.15) is 0 Å². The van der Waals surface area contributed by atoms with Crippen LogP contribution in [0, 0.1) is 0 Å². The second-order valence-electron chi connectivity index (χ2n) is 12.7. The Bertz CT molecular complexity index is 2390. The third kappa shape index (κ3) is 7.33. The van der Waals surface area contributed by atoms with Crippen LogP contribution in [0.15, 0.2) is 97.8 Å². The van der Waals surface area contributed by atoms with Crippen LogP contribution in [-0.2, 0) is 0 Å². The van der Waals surface area contributed by atoms with Crippen molar-refractivity contribution in [2.45, 2.75) is 6.42 Å². The Hall–Kier alpha value is -7.36. The number of para-hydroxylation sites is 2. The van der Waals surface area contributed by atoms with Crippen molar-refractivity contribution in [2.24, 2.45) is 0 Å². The minimum atomic E-state index is -0.559. The lowest BCUT2D eigenvalue weighted by Crippen LogP contribution is -2.35. The molecule has 2 aliphatic rings. The van der Waals surface area contributed by atoms with Crippen molar-refractivity contribution in [3.05, 3.63) is 109 Å². The zero-order chi connectivity index (χ0) is 37.7. The molecule has 0 saturated heterocycles. The van der Waals surface area contributed by atoms with Gasteiger partial charge in [-0.3, -0.25) is 19.6 Å². The number of nitrogens with zero attached hydrogens (tertiary/aromatic N) is 8. The molecule has 0 radical (unpaired) electrons. The monoisotopic (exact) mass is 736 g/mol. The first-order valence-corrected chi connectivity index (χ1v) is 17.6. The lowest BCUT2D eigenvalue weighted by atomic mass is 10.1. The second kappa shape index (κ2) is 15.3. The molecule has 0 aliphatic carbocycles. The van der Waals surface area contributed by atoms with Crippen molar-refractivity contribution in [2.75, 3.05) is 71.5 Å². The van der Waals surface area contributed by atoms with Crippen LogP contribution in [0.1, 0.15) is 27.4 Å². The first-order valence-electron chi connectivity index (χ1n) is 17.6. The largest absolute Gasteiger partial charge is 0.493 e. The minimum absolute atomic E-state index is 0.0253. The number of benzene rings is 2. The van der Waals surface area contributed by atoms with Gasteiger partial charge in [-0.15, -0.1) is 0 Å². The Kier molecular flexibility index (Phi) is 9.67. The first kappa shape index (κ1) is 34.7. The van der Waals surface area contributed by atoms with E-state index in [0.717, 1.165) is 12.1 Å². The van der Waals surface area contributed by atoms with Crippen molar-refractivity contribution in [3.63, 3.8) is 0 Å². The predicted octanol–water partition coefficient (Wildman–Crippen LogP) is 4.96. The highest BCUT2D eigenvalue weighted by atomic mass is 16.5. The van der Waals surface area contributed by atoms with E-state index in [-0.39, 0.29) is 36.3 Å². The Morgan fingerprint density at radius 1 is 0.727 bits per heavy atom. The van der Waals surface area contributed by atoms with Gasteiger partial charge in [0, 0.05) is 37.1 Å². The number of amides is 2. The van der Waals surface area contributed by atoms with E-state index in [2.05, 4.69) is 35.9 Å². The summed E-state index contributed by atoms with van der Waals surface area (Å²) < 4.78 is 12.5. The Morgan fingerprint density at radius 2 is 1.33 bits per heavy atom. The minimum Gasteiger partial charge on any atom is -0.493 e. The summed E-state index contributed by atoms with van der Waals surface area (Å²) in [6.45, 7) is 1.84. The molecule has 2 aromatic carbocycles. The third-order valence-corrected chi connectivity index (χ3v) is 9.13. The number of rotatable bonds is 3. The molecule has 8 rings (SSSR count). The Balaban J connectivity index is 1.16. The number of hydrogen-bond acceptors (Lipinski definition) is 14. The van der Waals surface area contributed by atoms with Crippen LogP contribution < -0.4 is 41.0 Å².